The van der Waals surface area contributed by atoms with Gasteiger partial charge < -0.3 is 9.73 Å². The van der Waals surface area contributed by atoms with Crippen molar-refractivity contribution in [3.8, 4) is 23.0 Å². The van der Waals surface area contributed by atoms with Gasteiger partial charge in [0.25, 0.3) is 5.91 Å². The van der Waals surface area contributed by atoms with E-state index in [1.54, 1.807) is 61.2 Å². The Hall–Kier alpha value is -5.07. The topological polar surface area (TPSA) is 102 Å². The molecule has 2 aromatic carbocycles. The highest BCUT2D eigenvalue weighted by molar-refractivity contribution is 7.12. The monoisotopic (exact) mass is 545 g/mol. The molecule has 1 amide bonds. The highest BCUT2D eigenvalue weighted by atomic mass is 32.1. The zero-order valence-electron chi connectivity index (χ0n) is 21.9. The number of aromatic nitrogens is 4. The molecule has 9 heteroatoms. The SMILES string of the molecule is Cc1ncc(C#Cc2cccc3oc([C@H](C)NC(=O)c4c(C)nn5cccnc45)c(-c4ccccc4)c(=O)c23)s1. The first-order valence-corrected chi connectivity index (χ1v) is 13.4. The molecule has 0 aliphatic heterocycles. The highest BCUT2D eigenvalue weighted by Crippen LogP contribution is 2.30. The second kappa shape index (κ2) is 10.2. The van der Waals surface area contributed by atoms with Crippen molar-refractivity contribution in [1.29, 1.82) is 0 Å². The third-order valence-electron chi connectivity index (χ3n) is 6.49. The first-order chi connectivity index (χ1) is 19.4. The predicted molar refractivity (Wildman–Crippen MR) is 154 cm³/mol. The van der Waals surface area contributed by atoms with Crippen molar-refractivity contribution in [2.75, 3.05) is 0 Å². The van der Waals surface area contributed by atoms with E-state index in [1.807, 2.05) is 37.3 Å². The van der Waals surface area contributed by atoms with Crippen LogP contribution in [0.3, 0.4) is 0 Å². The van der Waals surface area contributed by atoms with Crippen LogP contribution < -0.4 is 10.7 Å². The molecular weight excluding hydrogens is 522 g/mol. The van der Waals surface area contributed by atoms with Crippen molar-refractivity contribution < 1.29 is 9.21 Å². The Morgan fingerprint density at radius 1 is 1.05 bits per heavy atom. The molecule has 0 spiro atoms. The van der Waals surface area contributed by atoms with Gasteiger partial charge in [0.2, 0.25) is 5.43 Å². The number of hydrogen-bond acceptors (Lipinski definition) is 7. The van der Waals surface area contributed by atoms with E-state index in [1.165, 1.54) is 11.3 Å². The summed E-state index contributed by atoms with van der Waals surface area (Å²) in [5, 5.41) is 8.70. The van der Waals surface area contributed by atoms with Crippen LogP contribution in [0.5, 0.6) is 0 Å². The zero-order valence-corrected chi connectivity index (χ0v) is 22.7. The summed E-state index contributed by atoms with van der Waals surface area (Å²) in [5.74, 6) is 6.24. The zero-order chi connectivity index (χ0) is 27.8. The van der Waals surface area contributed by atoms with E-state index in [-0.39, 0.29) is 11.3 Å². The van der Waals surface area contributed by atoms with Crippen LogP contribution in [0.1, 0.15) is 50.2 Å². The molecule has 0 unspecified atom stereocenters. The number of nitrogens with one attached hydrogen (secondary N) is 1. The van der Waals surface area contributed by atoms with Crippen molar-refractivity contribution in [2.45, 2.75) is 26.8 Å². The second-order valence-electron chi connectivity index (χ2n) is 9.25. The molecule has 0 aliphatic rings. The number of nitrogens with zero attached hydrogens (tertiary/aromatic N) is 4. The summed E-state index contributed by atoms with van der Waals surface area (Å²) in [6.45, 7) is 5.47. The van der Waals surface area contributed by atoms with Gasteiger partial charge in [0.05, 0.1) is 38.8 Å². The average molecular weight is 546 g/mol. The van der Waals surface area contributed by atoms with Crippen LogP contribution in [0.25, 0.3) is 27.7 Å². The van der Waals surface area contributed by atoms with Crippen LogP contribution in [0, 0.1) is 25.7 Å². The lowest BCUT2D eigenvalue weighted by atomic mass is 9.97. The van der Waals surface area contributed by atoms with Crippen LogP contribution in [-0.2, 0) is 0 Å². The summed E-state index contributed by atoms with van der Waals surface area (Å²) in [7, 11) is 0. The number of thiazole rings is 1. The van der Waals surface area contributed by atoms with Crippen molar-refractivity contribution in [2.24, 2.45) is 0 Å². The summed E-state index contributed by atoms with van der Waals surface area (Å²) in [6, 6.07) is 15.8. The summed E-state index contributed by atoms with van der Waals surface area (Å²) in [4.78, 5) is 37.0. The van der Waals surface area contributed by atoms with Crippen LogP contribution in [-0.4, -0.2) is 25.5 Å². The molecule has 0 aliphatic carbocycles. The molecular formula is C31H23N5O3S. The van der Waals surface area contributed by atoms with E-state index in [9.17, 15) is 9.59 Å². The molecule has 0 bridgehead atoms. The van der Waals surface area contributed by atoms with E-state index in [0.29, 0.717) is 50.3 Å². The fourth-order valence-corrected chi connectivity index (χ4v) is 5.32. The predicted octanol–water partition coefficient (Wildman–Crippen LogP) is 5.47. The lowest BCUT2D eigenvalue weighted by molar-refractivity contribution is 0.0936. The fourth-order valence-electron chi connectivity index (χ4n) is 4.69. The van der Waals surface area contributed by atoms with Crippen LogP contribution in [0.15, 0.2) is 82.4 Å². The lowest BCUT2D eigenvalue weighted by Crippen LogP contribution is -2.28. The number of carbonyl (C=O) groups is 1. The minimum Gasteiger partial charge on any atom is -0.458 e. The quantitative estimate of drug-likeness (QED) is 0.295. The van der Waals surface area contributed by atoms with Crippen molar-refractivity contribution in [1.82, 2.24) is 24.9 Å². The normalized spacial score (nSPS) is 11.8. The van der Waals surface area contributed by atoms with E-state index in [0.717, 1.165) is 9.88 Å². The van der Waals surface area contributed by atoms with E-state index in [4.69, 9.17) is 4.42 Å². The molecule has 0 saturated carbocycles. The van der Waals surface area contributed by atoms with Crippen molar-refractivity contribution in [3.05, 3.63) is 116 Å². The molecule has 6 rings (SSSR count). The van der Waals surface area contributed by atoms with Gasteiger partial charge in [0.15, 0.2) is 5.65 Å². The Balaban J connectivity index is 1.48. The number of rotatable bonds is 4. The second-order valence-corrected chi connectivity index (χ2v) is 10.5. The van der Waals surface area contributed by atoms with Crippen LogP contribution in [0.2, 0.25) is 0 Å². The third-order valence-corrected chi connectivity index (χ3v) is 7.32. The molecule has 40 heavy (non-hydrogen) atoms. The number of fused-ring (bicyclic) bond motifs is 2. The Labute approximate surface area is 233 Å². The van der Waals surface area contributed by atoms with Gasteiger partial charge >= 0.3 is 0 Å². The molecule has 4 heterocycles. The summed E-state index contributed by atoms with van der Waals surface area (Å²) in [5.41, 5.74) is 3.16. The fraction of sp³-hybridized carbons (Fsp3) is 0.129. The van der Waals surface area contributed by atoms with Crippen molar-refractivity contribution >= 4 is 33.9 Å². The number of amides is 1. The lowest BCUT2D eigenvalue weighted by Gasteiger charge is -2.18. The Morgan fingerprint density at radius 2 is 1.88 bits per heavy atom. The molecule has 1 N–H and O–H groups in total. The van der Waals surface area contributed by atoms with Gasteiger partial charge in [-0.05, 0) is 50.5 Å². The highest BCUT2D eigenvalue weighted by Gasteiger charge is 2.26. The molecule has 1 atom stereocenters. The smallest absolute Gasteiger partial charge is 0.257 e. The largest absolute Gasteiger partial charge is 0.458 e. The van der Waals surface area contributed by atoms with Crippen LogP contribution >= 0.6 is 11.3 Å². The molecule has 0 fully saturated rings. The van der Waals surface area contributed by atoms with Gasteiger partial charge in [-0.1, -0.05) is 42.3 Å². The van der Waals surface area contributed by atoms with Gasteiger partial charge in [0.1, 0.15) is 16.9 Å². The first kappa shape index (κ1) is 25.2. The third kappa shape index (κ3) is 4.55. The molecule has 0 saturated heterocycles. The Bertz CT molecular complexity index is 2030. The van der Waals surface area contributed by atoms with Gasteiger partial charge in [-0.2, -0.15) is 5.10 Å². The van der Waals surface area contributed by atoms with E-state index >= 15 is 0 Å². The van der Waals surface area contributed by atoms with Gasteiger partial charge in [-0.3, -0.25) is 9.59 Å². The number of carbonyl (C=O) groups excluding carboxylic acids is 1. The molecule has 8 nitrogen and oxygen atoms in total. The molecule has 196 valence electrons. The summed E-state index contributed by atoms with van der Waals surface area (Å²) >= 11 is 1.49. The number of benzene rings is 2. The van der Waals surface area contributed by atoms with Gasteiger partial charge in [0, 0.05) is 18.0 Å². The average Bonchev–Trinajstić information content (AvgIpc) is 3.53. The number of hydrogen-bond donors (Lipinski definition) is 1. The summed E-state index contributed by atoms with van der Waals surface area (Å²) in [6.07, 6.45) is 5.07. The minimum atomic E-state index is -0.646. The molecule has 4 aromatic heterocycles. The summed E-state index contributed by atoms with van der Waals surface area (Å²) < 4.78 is 7.96. The number of aryl methyl sites for hydroxylation is 2. The van der Waals surface area contributed by atoms with Gasteiger partial charge in [-0.25, -0.2) is 14.5 Å². The van der Waals surface area contributed by atoms with E-state index < -0.39 is 6.04 Å². The first-order valence-electron chi connectivity index (χ1n) is 12.6. The van der Waals surface area contributed by atoms with E-state index in [2.05, 4.69) is 32.2 Å². The molecule has 0 radical (unpaired) electrons. The Morgan fingerprint density at radius 3 is 2.65 bits per heavy atom. The minimum absolute atomic E-state index is 0.220. The Kier molecular flexibility index (Phi) is 6.46. The molecule has 6 aromatic rings. The van der Waals surface area contributed by atoms with Crippen LogP contribution in [0.4, 0.5) is 0 Å². The maximum atomic E-state index is 14.2. The maximum absolute atomic E-state index is 14.2. The van der Waals surface area contributed by atoms with Gasteiger partial charge in [-0.15, -0.1) is 11.3 Å². The standard InChI is InChI=1S/C31H23N5O3S/c1-18-25(30-32-15-8-16-36(30)35-18)31(38)34-19(2)29-27(21-9-5-4-6-10-21)28(37)26-22(11-7-12-24(26)39-29)13-14-23-17-33-20(3)40-23/h4-12,15-17,19H,1-3H3,(H,34,38)/t19-/m0/s1. The maximum Gasteiger partial charge on any atom is 0.257 e. The van der Waals surface area contributed by atoms with Crippen molar-refractivity contribution in [3.63, 3.8) is 0 Å².